The van der Waals surface area contributed by atoms with Crippen LogP contribution in [0.15, 0.2) is 60.3 Å². The molecule has 0 spiro atoms. The number of aromatic nitrogens is 1. The minimum absolute atomic E-state index is 0.217. The molecule has 2 aromatic rings. The monoisotopic (exact) mass is 450 g/mol. The third kappa shape index (κ3) is 5.90. The second-order valence-corrected chi connectivity index (χ2v) is 8.57. The van der Waals surface area contributed by atoms with Gasteiger partial charge in [-0.3, -0.25) is 4.90 Å². The first-order valence-electron chi connectivity index (χ1n) is 11.4. The van der Waals surface area contributed by atoms with E-state index >= 15 is 0 Å². The van der Waals surface area contributed by atoms with Gasteiger partial charge in [-0.15, -0.1) is 0 Å². The standard InChI is InChI=1S/C25H31FN6O/c1-18-4-3-12-32(16-18)25(33)29-22-7-8-23(31-13-10-20(15-27)17-31)30-24(22)28-11-9-19-5-2-6-21(26)14-19/h2-8,14,16,20H,9-13,15,17,27H2,1H3,(H,28,30)(H,29,33)/t20-/m0/s1. The molecule has 174 valence electrons. The van der Waals surface area contributed by atoms with Crippen LogP contribution in [0.25, 0.3) is 0 Å². The third-order valence-corrected chi connectivity index (χ3v) is 5.96. The Bertz CT molecular complexity index is 1050. The van der Waals surface area contributed by atoms with Crippen LogP contribution in [0.4, 0.5) is 26.5 Å². The molecule has 8 heteroatoms. The number of amides is 2. The number of rotatable bonds is 7. The van der Waals surface area contributed by atoms with Crippen LogP contribution >= 0.6 is 0 Å². The number of urea groups is 1. The lowest BCUT2D eigenvalue weighted by Gasteiger charge is -2.23. The highest BCUT2D eigenvalue weighted by atomic mass is 19.1. The zero-order valence-electron chi connectivity index (χ0n) is 18.9. The molecule has 3 heterocycles. The van der Waals surface area contributed by atoms with E-state index in [4.69, 9.17) is 10.7 Å². The lowest BCUT2D eigenvalue weighted by molar-refractivity contribution is 0.231. The number of hydrogen-bond acceptors (Lipinski definition) is 5. The Morgan fingerprint density at radius 2 is 2.18 bits per heavy atom. The number of hydrogen-bond donors (Lipinski definition) is 3. The fourth-order valence-corrected chi connectivity index (χ4v) is 4.13. The van der Waals surface area contributed by atoms with E-state index in [9.17, 15) is 9.18 Å². The van der Waals surface area contributed by atoms with Gasteiger partial charge in [0.05, 0.1) is 5.69 Å². The van der Waals surface area contributed by atoms with E-state index in [1.165, 1.54) is 12.1 Å². The molecular weight excluding hydrogens is 419 g/mol. The van der Waals surface area contributed by atoms with Crippen LogP contribution in [0.2, 0.25) is 0 Å². The predicted octanol–water partition coefficient (Wildman–Crippen LogP) is 3.97. The van der Waals surface area contributed by atoms with Crippen molar-refractivity contribution in [2.45, 2.75) is 19.8 Å². The molecule has 1 aromatic heterocycles. The van der Waals surface area contributed by atoms with Gasteiger partial charge in [0, 0.05) is 32.4 Å². The molecule has 0 radical (unpaired) electrons. The molecule has 0 saturated carbocycles. The van der Waals surface area contributed by atoms with E-state index in [-0.39, 0.29) is 11.8 Å². The summed E-state index contributed by atoms with van der Waals surface area (Å²) in [5, 5.41) is 6.32. The zero-order chi connectivity index (χ0) is 23.2. The van der Waals surface area contributed by atoms with Gasteiger partial charge in [-0.2, -0.15) is 0 Å². The van der Waals surface area contributed by atoms with E-state index in [2.05, 4.69) is 15.5 Å². The van der Waals surface area contributed by atoms with Crippen LogP contribution in [0.3, 0.4) is 0 Å². The van der Waals surface area contributed by atoms with Gasteiger partial charge in [0.15, 0.2) is 5.82 Å². The predicted molar refractivity (Wildman–Crippen MR) is 131 cm³/mol. The van der Waals surface area contributed by atoms with Crippen molar-refractivity contribution in [3.8, 4) is 0 Å². The molecule has 7 nitrogen and oxygen atoms in total. The van der Waals surface area contributed by atoms with Crippen molar-refractivity contribution in [2.24, 2.45) is 11.7 Å². The smallest absolute Gasteiger partial charge is 0.326 e. The highest BCUT2D eigenvalue weighted by Gasteiger charge is 2.23. The zero-order valence-corrected chi connectivity index (χ0v) is 18.9. The number of nitrogens with one attached hydrogen (secondary N) is 2. The Labute approximate surface area is 194 Å². The van der Waals surface area contributed by atoms with Crippen molar-refractivity contribution in [1.82, 2.24) is 9.88 Å². The topological polar surface area (TPSA) is 86.5 Å². The number of allylic oxidation sites excluding steroid dienone is 2. The summed E-state index contributed by atoms with van der Waals surface area (Å²) in [4.78, 5) is 21.5. The third-order valence-electron chi connectivity index (χ3n) is 5.96. The summed E-state index contributed by atoms with van der Waals surface area (Å²) in [5.74, 6) is 1.68. The Kier molecular flexibility index (Phi) is 7.24. The Hall–Kier alpha value is -3.39. The van der Waals surface area contributed by atoms with Gasteiger partial charge in [-0.1, -0.05) is 24.3 Å². The number of pyridine rings is 1. The van der Waals surface area contributed by atoms with Crippen molar-refractivity contribution < 1.29 is 9.18 Å². The average molecular weight is 451 g/mol. The van der Waals surface area contributed by atoms with Crippen LogP contribution in [0, 0.1) is 11.7 Å². The summed E-state index contributed by atoms with van der Waals surface area (Å²) >= 11 is 0. The molecular formula is C25H31FN6O. The maximum atomic E-state index is 13.5. The van der Waals surface area contributed by atoms with Gasteiger partial charge < -0.3 is 21.3 Å². The molecule has 0 unspecified atom stereocenters. The number of nitrogens with zero attached hydrogens (tertiary/aromatic N) is 3. The molecule has 1 fully saturated rings. The molecule has 2 aliphatic rings. The number of carbonyl (C=O) groups is 1. The normalized spacial score (nSPS) is 17.8. The van der Waals surface area contributed by atoms with E-state index in [1.54, 1.807) is 11.0 Å². The van der Waals surface area contributed by atoms with Gasteiger partial charge in [-0.05, 0) is 67.6 Å². The van der Waals surface area contributed by atoms with Gasteiger partial charge in [0.1, 0.15) is 11.6 Å². The highest BCUT2D eigenvalue weighted by Crippen LogP contribution is 2.28. The second-order valence-electron chi connectivity index (χ2n) is 8.57. The first-order valence-corrected chi connectivity index (χ1v) is 11.4. The van der Waals surface area contributed by atoms with Crippen LogP contribution < -0.4 is 21.3 Å². The summed E-state index contributed by atoms with van der Waals surface area (Å²) < 4.78 is 13.5. The summed E-state index contributed by atoms with van der Waals surface area (Å²) in [6.45, 7) is 5.48. The van der Waals surface area contributed by atoms with Gasteiger partial charge >= 0.3 is 6.03 Å². The quantitative estimate of drug-likeness (QED) is 0.594. The van der Waals surface area contributed by atoms with Gasteiger partial charge in [-0.25, -0.2) is 14.2 Å². The van der Waals surface area contributed by atoms with Crippen LogP contribution in [-0.4, -0.2) is 48.6 Å². The molecule has 1 atom stereocenters. The maximum absolute atomic E-state index is 13.5. The molecule has 2 amide bonds. The van der Waals surface area contributed by atoms with Crippen molar-refractivity contribution >= 4 is 23.4 Å². The maximum Gasteiger partial charge on any atom is 0.326 e. The molecule has 1 saturated heterocycles. The Balaban J connectivity index is 1.50. The van der Waals surface area contributed by atoms with Crippen LogP contribution in [0.5, 0.6) is 0 Å². The van der Waals surface area contributed by atoms with E-state index in [0.29, 0.717) is 43.5 Å². The number of halogens is 1. The fraction of sp³-hybridized carbons (Fsp3) is 0.360. The van der Waals surface area contributed by atoms with E-state index < -0.39 is 0 Å². The summed E-state index contributed by atoms with van der Waals surface area (Å²) in [6.07, 6.45) is 7.45. The number of benzene rings is 1. The minimum Gasteiger partial charge on any atom is -0.368 e. The molecule has 0 aliphatic carbocycles. The Morgan fingerprint density at radius 1 is 1.30 bits per heavy atom. The number of nitrogens with two attached hydrogens (primary N) is 1. The van der Waals surface area contributed by atoms with E-state index in [0.717, 1.165) is 36.5 Å². The number of anilines is 3. The average Bonchev–Trinajstić information content (AvgIpc) is 3.29. The first kappa shape index (κ1) is 22.8. The molecule has 0 bridgehead atoms. The van der Waals surface area contributed by atoms with Crippen LogP contribution in [0.1, 0.15) is 18.9 Å². The summed E-state index contributed by atoms with van der Waals surface area (Å²) in [6, 6.07) is 10.2. The molecule has 4 rings (SSSR count). The van der Waals surface area contributed by atoms with Crippen molar-refractivity contribution in [1.29, 1.82) is 0 Å². The largest absolute Gasteiger partial charge is 0.368 e. The lowest BCUT2D eigenvalue weighted by Crippen LogP contribution is -2.32. The summed E-state index contributed by atoms with van der Waals surface area (Å²) in [5.41, 5.74) is 8.37. The lowest BCUT2D eigenvalue weighted by atomic mass is 10.1. The molecule has 1 aromatic carbocycles. The van der Waals surface area contributed by atoms with Crippen molar-refractivity contribution in [3.63, 3.8) is 0 Å². The highest BCUT2D eigenvalue weighted by molar-refractivity contribution is 5.93. The molecule has 33 heavy (non-hydrogen) atoms. The SMILES string of the molecule is CC1=CN(C(=O)Nc2ccc(N3CC[C@@H](CN)C3)nc2NCCc2cccc(F)c2)CC=C1. The van der Waals surface area contributed by atoms with E-state index in [1.807, 2.05) is 43.5 Å². The number of carbonyl (C=O) groups excluding carboxylic acids is 1. The fourth-order valence-electron chi connectivity index (χ4n) is 4.13. The van der Waals surface area contributed by atoms with Gasteiger partial charge in [0.2, 0.25) is 0 Å². The van der Waals surface area contributed by atoms with Crippen molar-refractivity contribution in [3.05, 3.63) is 71.7 Å². The Morgan fingerprint density at radius 3 is 2.94 bits per heavy atom. The van der Waals surface area contributed by atoms with Gasteiger partial charge in [0.25, 0.3) is 0 Å². The first-order chi connectivity index (χ1) is 16.0. The minimum atomic E-state index is -0.247. The molecule has 2 aliphatic heterocycles. The summed E-state index contributed by atoms with van der Waals surface area (Å²) in [7, 11) is 0. The van der Waals surface area contributed by atoms with Crippen LogP contribution in [-0.2, 0) is 6.42 Å². The molecule has 4 N–H and O–H groups in total. The second kappa shape index (κ2) is 10.5. The van der Waals surface area contributed by atoms with Crippen molar-refractivity contribution in [2.75, 3.05) is 48.3 Å².